The molecule has 2 heterocycles. The lowest BCUT2D eigenvalue weighted by atomic mass is 9.71. The maximum atomic E-state index is 12.7. The first kappa shape index (κ1) is 18.9. The molecule has 2 aliphatic heterocycles. The first-order valence-electron chi connectivity index (χ1n) is 10.5. The molecule has 11 unspecified atom stereocenters. The van der Waals surface area contributed by atoms with Crippen LogP contribution in [0.4, 0.5) is 0 Å². The molecule has 5 heteroatoms. The highest BCUT2D eigenvalue weighted by Crippen LogP contribution is 2.49. The number of amides is 1. The summed E-state index contributed by atoms with van der Waals surface area (Å²) in [6.07, 6.45) is 6.34. The average Bonchev–Trinajstić information content (AvgIpc) is 3.11. The number of fused-ring (bicyclic) bond motifs is 5. The van der Waals surface area contributed by atoms with E-state index in [2.05, 4.69) is 13.8 Å². The van der Waals surface area contributed by atoms with E-state index in [0.29, 0.717) is 53.9 Å². The summed E-state index contributed by atoms with van der Waals surface area (Å²) in [5, 5.41) is 0. The minimum atomic E-state index is 0.0936. The van der Waals surface area contributed by atoms with Gasteiger partial charge in [-0.15, -0.1) is 0 Å². The van der Waals surface area contributed by atoms with Gasteiger partial charge in [-0.1, -0.05) is 6.92 Å². The fourth-order valence-electron chi connectivity index (χ4n) is 7.09. The standard InChI is InChI=1S/C21H35NO4/c1-11-6-7-16-20(21-14(11)8-12(2)26-21)15-9-18(24-4)19(25-5)10-17(15)22(16)13(3)23/h11-12,14-21H,6-10H2,1-5H3/p+1. The van der Waals surface area contributed by atoms with E-state index in [4.69, 9.17) is 14.2 Å². The molecule has 4 fully saturated rings. The molecular formula is C21H36NO4+. The molecule has 2 aliphatic carbocycles. The van der Waals surface area contributed by atoms with Crippen LogP contribution in [0.2, 0.25) is 0 Å². The second kappa shape index (κ2) is 7.16. The summed E-state index contributed by atoms with van der Waals surface area (Å²) in [4.78, 5) is 13.9. The largest absolute Gasteiger partial charge is 0.379 e. The highest BCUT2D eigenvalue weighted by molar-refractivity contribution is 5.63. The summed E-state index contributed by atoms with van der Waals surface area (Å²) in [5.41, 5.74) is 0. The Labute approximate surface area is 157 Å². The van der Waals surface area contributed by atoms with E-state index >= 15 is 0 Å². The second-order valence-corrected chi connectivity index (χ2v) is 9.35. The van der Waals surface area contributed by atoms with Crippen LogP contribution in [-0.2, 0) is 19.0 Å². The van der Waals surface area contributed by atoms with Gasteiger partial charge in [0.05, 0.1) is 31.3 Å². The summed E-state index contributed by atoms with van der Waals surface area (Å²) < 4.78 is 18.1. The Hall–Kier alpha value is -0.490. The number of hydrogen-bond acceptors (Lipinski definition) is 4. The van der Waals surface area contributed by atoms with Crippen LogP contribution in [0, 0.1) is 23.7 Å². The molecular weight excluding hydrogens is 330 g/mol. The van der Waals surface area contributed by atoms with Gasteiger partial charge in [-0.05, 0) is 38.0 Å². The molecule has 4 rings (SSSR count). The van der Waals surface area contributed by atoms with Crippen molar-refractivity contribution in [2.75, 3.05) is 14.2 Å². The molecule has 0 bridgehead atoms. The highest BCUT2D eigenvalue weighted by Gasteiger charge is 2.63. The monoisotopic (exact) mass is 366 g/mol. The van der Waals surface area contributed by atoms with Gasteiger partial charge in [0.1, 0.15) is 12.1 Å². The maximum absolute atomic E-state index is 12.7. The van der Waals surface area contributed by atoms with E-state index in [1.807, 2.05) is 0 Å². The van der Waals surface area contributed by atoms with Crippen LogP contribution >= 0.6 is 0 Å². The molecule has 0 radical (unpaired) electrons. The Kier molecular flexibility index (Phi) is 5.19. The van der Waals surface area contributed by atoms with Crippen molar-refractivity contribution in [2.24, 2.45) is 23.7 Å². The third kappa shape index (κ3) is 2.86. The Morgan fingerprint density at radius 1 is 0.962 bits per heavy atom. The van der Waals surface area contributed by atoms with Crippen molar-refractivity contribution in [1.29, 1.82) is 0 Å². The predicted octanol–water partition coefficient (Wildman–Crippen LogP) is 1.45. The summed E-state index contributed by atoms with van der Waals surface area (Å²) >= 11 is 0. The zero-order chi connectivity index (χ0) is 18.6. The minimum absolute atomic E-state index is 0.0936. The van der Waals surface area contributed by atoms with Gasteiger partial charge in [-0.2, -0.15) is 0 Å². The third-order valence-electron chi connectivity index (χ3n) is 8.15. The summed E-state index contributed by atoms with van der Waals surface area (Å²) in [6.45, 7) is 6.39. The molecule has 0 aromatic rings. The Bertz CT molecular complexity index is 540. The predicted molar refractivity (Wildman–Crippen MR) is 97.9 cm³/mol. The fourth-order valence-corrected chi connectivity index (χ4v) is 7.09. The van der Waals surface area contributed by atoms with Crippen molar-refractivity contribution < 1.29 is 23.9 Å². The average molecular weight is 367 g/mol. The first-order valence-corrected chi connectivity index (χ1v) is 10.5. The quantitative estimate of drug-likeness (QED) is 0.804. The van der Waals surface area contributed by atoms with E-state index < -0.39 is 0 Å². The number of rotatable bonds is 2. The number of carbonyl (C=O) groups excluding carboxylic acids is 1. The number of likely N-dealkylation sites (tertiary alicyclic amines) is 1. The van der Waals surface area contributed by atoms with Gasteiger partial charge in [0, 0.05) is 38.9 Å². The second-order valence-electron chi connectivity index (χ2n) is 9.35. The number of ether oxygens (including phenoxy) is 3. The van der Waals surface area contributed by atoms with E-state index in [1.54, 1.807) is 21.1 Å². The molecule has 2 saturated carbocycles. The topological polar surface area (TPSA) is 49.2 Å². The molecule has 1 amide bonds. The van der Waals surface area contributed by atoms with Gasteiger partial charge in [0.2, 0.25) is 0 Å². The van der Waals surface area contributed by atoms with Crippen molar-refractivity contribution in [1.82, 2.24) is 0 Å². The van der Waals surface area contributed by atoms with Crippen molar-refractivity contribution in [3.05, 3.63) is 0 Å². The molecule has 0 aromatic heterocycles. The Morgan fingerprint density at radius 2 is 1.65 bits per heavy atom. The van der Waals surface area contributed by atoms with Gasteiger partial charge < -0.3 is 14.2 Å². The molecule has 0 spiro atoms. The van der Waals surface area contributed by atoms with Gasteiger partial charge in [-0.25, -0.2) is 4.79 Å². The SMILES string of the molecule is COC1CC2C3C4OC(C)CC4C(C)CCC3[NH+](C(C)=O)C2CC1OC. The van der Waals surface area contributed by atoms with Crippen molar-refractivity contribution >= 4 is 5.91 Å². The number of quaternary nitrogens is 1. The van der Waals surface area contributed by atoms with E-state index in [1.165, 1.54) is 17.7 Å². The molecule has 1 N–H and O–H groups in total. The zero-order valence-electron chi connectivity index (χ0n) is 16.9. The number of hydrogen-bond donors (Lipinski definition) is 1. The summed E-state index contributed by atoms with van der Waals surface area (Å²) in [6, 6.07) is 0.755. The van der Waals surface area contributed by atoms with Gasteiger partial charge in [-0.3, -0.25) is 4.90 Å². The Morgan fingerprint density at radius 3 is 2.31 bits per heavy atom. The van der Waals surface area contributed by atoms with Crippen LogP contribution in [-0.4, -0.2) is 56.6 Å². The summed E-state index contributed by atoms with van der Waals surface area (Å²) in [7, 11) is 3.57. The number of carbonyl (C=O) groups is 1. The molecule has 4 aliphatic rings. The maximum Gasteiger partial charge on any atom is 0.309 e. The minimum Gasteiger partial charge on any atom is -0.379 e. The van der Waals surface area contributed by atoms with Gasteiger partial charge in [0.25, 0.3) is 0 Å². The lowest BCUT2D eigenvalue weighted by molar-refractivity contribution is -0.864. The van der Waals surface area contributed by atoms with Crippen LogP contribution in [0.1, 0.15) is 52.9 Å². The molecule has 26 heavy (non-hydrogen) atoms. The lowest BCUT2D eigenvalue weighted by Gasteiger charge is -2.39. The first-order chi connectivity index (χ1) is 12.5. The Balaban J connectivity index is 1.70. The van der Waals surface area contributed by atoms with E-state index in [-0.39, 0.29) is 12.2 Å². The van der Waals surface area contributed by atoms with Gasteiger partial charge >= 0.3 is 5.91 Å². The molecule has 2 saturated heterocycles. The van der Waals surface area contributed by atoms with Crippen molar-refractivity contribution in [3.8, 4) is 0 Å². The molecule has 11 atom stereocenters. The van der Waals surface area contributed by atoms with Crippen molar-refractivity contribution in [2.45, 2.75) is 89.4 Å². The van der Waals surface area contributed by atoms with Crippen LogP contribution in [0.5, 0.6) is 0 Å². The van der Waals surface area contributed by atoms with Crippen LogP contribution in [0.25, 0.3) is 0 Å². The van der Waals surface area contributed by atoms with Crippen LogP contribution in [0.3, 0.4) is 0 Å². The van der Waals surface area contributed by atoms with Crippen LogP contribution in [0.15, 0.2) is 0 Å². The third-order valence-corrected chi connectivity index (χ3v) is 8.15. The zero-order valence-corrected chi connectivity index (χ0v) is 16.9. The smallest absolute Gasteiger partial charge is 0.309 e. The molecule has 0 aromatic carbocycles. The number of nitrogens with one attached hydrogen (secondary N) is 1. The molecule has 148 valence electrons. The molecule has 5 nitrogen and oxygen atoms in total. The fraction of sp³-hybridized carbons (Fsp3) is 0.952. The number of methoxy groups -OCH3 is 2. The van der Waals surface area contributed by atoms with E-state index in [9.17, 15) is 4.79 Å². The lowest BCUT2D eigenvalue weighted by Crippen LogP contribution is -3.20. The van der Waals surface area contributed by atoms with Crippen molar-refractivity contribution in [3.63, 3.8) is 0 Å². The van der Waals surface area contributed by atoms with Gasteiger partial charge in [0.15, 0.2) is 0 Å². The highest BCUT2D eigenvalue weighted by atomic mass is 16.5. The van der Waals surface area contributed by atoms with E-state index in [0.717, 1.165) is 19.3 Å². The van der Waals surface area contributed by atoms with Crippen LogP contribution < -0.4 is 4.90 Å². The summed E-state index contributed by atoms with van der Waals surface area (Å²) in [5.74, 6) is 2.62. The normalized spacial score (nSPS) is 53.5.